The van der Waals surface area contributed by atoms with Crippen LogP contribution in [0.2, 0.25) is 10.0 Å². The number of halogens is 2. The average molecular weight is 329 g/mol. The molecule has 0 saturated carbocycles. The summed E-state index contributed by atoms with van der Waals surface area (Å²) in [6.45, 7) is 0.268. The molecule has 2 aromatic rings. The molecule has 0 aliphatic rings. The zero-order chi connectivity index (χ0) is 15.6. The van der Waals surface area contributed by atoms with Gasteiger partial charge in [0.1, 0.15) is 4.92 Å². The molecule has 6 nitrogen and oxygen atoms in total. The number of carbonyl (C=O) groups excluding carboxylic acids is 1. The van der Waals surface area contributed by atoms with Crippen molar-refractivity contribution in [3.63, 3.8) is 0 Å². The Bertz CT molecular complexity index is 699. The zero-order valence-corrected chi connectivity index (χ0v) is 12.4. The second kappa shape index (κ2) is 6.15. The number of rotatable bonds is 4. The molecule has 1 aromatic carbocycles. The van der Waals surface area contributed by atoms with Crippen LogP contribution in [-0.2, 0) is 6.54 Å². The third-order valence-corrected chi connectivity index (χ3v) is 3.47. The zero-order valence-electron chi connectivity index (χ0n) is 10.9. The maximum absolute atomic E-state index is 12.1. The lowest BCUT2D eigenvalue weighted by molar-refractivity contribution is -0.402. The summed E-state index contributed by atoms with van der Waals surface area (Å²) in [5.74, 6) is -1.03. The van der Waals surface area contributed by atoms with E-state index in [1.807, 2.05) is 0 Å². The largest absolute Gasteiger partial charge is 0.433 e. The highest BCUT2D eigenvalue weighted by Gasteiger charge is 2.20. The van der Waals surface area contributed by atoms with E-state index in [2.05, 4.69) is 0 Å². The van der Waals surface area contributed by atoms with Gasteiger partial charge in [0.15, 0.2) is 5.76 Å². The smallest absolute Gasteiger partial charge is 0.395 e. The molecule has 0 saturated heterocycles. The first-order chi connectivity index (χ1) is 9.88. The fourth-order valence-electron chi connectivity index (χ4n) is 1.71. The minimum atomic E-state index is -0.699. The number of benzene rings is 1. The van der Waals surface area contributed by atoms with E-state index in [-0.39, 0.29) is 12.3 Å². The minimum absolute atomic E-state index is 0.0933. The Morgan fingerprint density at radius 1 is 1.29 bits per heavy atom. The van der Waals surface area contributed by atoms with Crippen molar-refractivity contribution in [3.8, 4) is 0 Å². The van der Waals surface area contributed by atoms with E-state index in [0.717, 1.165) is 11.6 Å². The highest BCUT2D eigenvalue weighted by Crippen LogP contribution is 2.23. The van der Waals surface area contributed by atoms with Gasteiger partial charge < -0.3 is 9.32 Å². The highest BCUT2D eigenvalue weighted by atomic mass is 35.5. The van der Waals surface area contributed by atoms with Crippen LogP contribution in [0.5, 0.6) is 0 Å². The summed E-state index contributed by atoms with van der Waals surface area (Å²) in [4.78, 5) is 23.3. The Balaban J connectivity index is 2.11. The number of hydrogen-bond donors (Lipinski definition) is 0. The molecule has 110 valence electrons. The quantitative estimate of drug-likeness (QED) is 0.632. The van der Waals surface area contributed by atoms with Gasteiger partial charge in [0, 0.05) is 13.6 Å². The van der Waals surface area contributed by atoms with Gasteiger partial charge in [0.25, 0.3) is 5.91 Å². The fraction of sp³-hybridized carbons (Fsp3) is 0.154. The van der Waals surface area contributed by atoms with E-state index >= 15 is 0 Å². The highest BCUT2D eigenvalue weighted by molar-refractivity contribution is 6.42. The number of nitro groups is 1. The predicted molar refractivity (Wildman–Crippen MR) is 77.6 cm³/mol. The number of furan rings is 1. The SMILES string of the molecule is CN(Cc1ccc(Cl)c(Cl)c1)C(=O)c1ccc([N+](=O)[O-])o1. The van der Waals surface area contributed by atoms with E-state index in [1.165, 1.54) is 11.0 Å². The van der Waals surface area contributed by atoms with Gasteiger partial charge in [-0.1, -0.05) is 29.3 Å². The van der Waals surface area contributed by atoms with Crippen LogP contribution in [0.25, 0.3) is 0 Å². The molecule has 0 radical (unpaired) electrons. The van der Waals surface area contributed by atoms with E-state index in [9.17, 15) is 14.9 Å². The molecule has 0 spiro atoms. The summed E-state index contributed by atoms with van der Waals surface area (Å²) in [5.41, 5.74) is 0.779. The van der Waals surface area contributed by atoms with E-state index < -0.39 is 16.7 Å². The van der Waals surface area contributed by atoms with Gasteiger partial charge in [-0.3, -0.25) is 14.9 Å². The van der Waals surface area contributed by atoms with Crippen molar-refractivity contribution in [3.05, 3.63) is 61.8 Å². The van der Waals surface area contributed by atoms with Crippen molar-refractivity contribution in [1.29, 1.82) is 0 Å². The van der Waals surface area contributed by atoms with Crippen LogP contribution in [-0.4, -0.2) is 22.8 Å². The molecular formula is C13H10Cl2N2O4. The normalized spacial score (nSPS) is 10.4. The Morgan fingerprint density at radius 2 is 2.00 bits per heavy atom. The van der Waals surface area contributed by atoms with Crippen LogP contribution in [0.1, 0.15) is 16.1 Å². The Morgan fingerprint density at radius 3 is 2.57 bits per heavy atom. The molecule has 21 heavy (non-hydrogen) atoms. The third-order valence-electron chi connectivity index (χ3n) is 2.73. The molecule has 0 aliphatic heterocycles. The van der Waals surface area contributed by atoms with Crippen LogP contribution in [0.15, 0.2) is 34.7 Å². The van der Waals surface area contributed by atoms with Crippen LogP contribution >= 0.6 is 23.2 Å². The summed E-state index contributed by atoms with van der Waals surface area (Å²) >= 11 is 11.7. The molecule has 0 aliphatic carbocycles. The molecule has 2 rings (SSSR count). The molecule has 1 aromatic heterocycles. The van der Waals surface area contributed by atoms with Crippen molar-refractivity contribution >= 4 is 35.0 Å². The first-order valence-electron chi connectivity index (χ1n) is 5.82. The van der Waals surface area contributed by atoms with Gasteiger partial charge in [-0.2, -0.15) is 0 Å². The molecule has 1 heterocycles. The van der Waals surface area contributed by atoms with Gasteiger partial charge >= 0.3 is 5.88 Å². The maximum Gasteiger partial charge on any atom is 0.433 e. The van der Waals surface area contributed by atoms with Crippen LogP contribution in [0, 0.1) is 10.1 Å². The standard InChI is InChI=1S/C13H10Cl2N2O4/c1-16(7-8-2-3-9(14)10(15)6-8)13(18)11-4-5-12(21-11)17(19)20/h2-6H,7H2,1H3. The van der Waals surface area contributed by atoms with Gasteiger partial charge in [0.2, 0.25) is 0 Å². The fourth-order valence-corrected chi connectivity index (χ4v) is 2.03. The van der Waals surface area contributed by atoms with Crippen molar-refractivity contribution in [2.75, 3.05) is 7.05 Å². The molecule has 8 heteroatoms. The van der Waals surface area contributed by atoms with Crippen molar-refractivity contribution in [2.24, 2.45) is 0 Å². The Kier molecular flexibility index (Phi) is 4.50. The number of carbonyl (C=O) groups is 1. The summed E-state index contributed by atoms with van der Waals surface area (Å²) < 4.78 is 4.87. The van der Waals surface area contributed by atoms with Crippen LogP contribution in [0.3, 0.4) is 0 Å². The molecular weight excluding hydrogens is 319 g/mol. The monoisotopic (exact) mass is 328 g/mol. The lowest BCUT2D eigenvalue weighted by atomic mass is 10.2. The second-order valence-electron chi connectivity index (χ2n) is 4.30. The summed E-state index contributed by atoms with van der Waals surface area (Å²) in [6.07, 6.45) is 0. The number of hydrogen-bond acceptors (Lipinski definition) is 4. The summed E-state index contributed by atoms with van der Waals surface area (Å²) in [5, 5.41) is 11.3. The number of amides is 1. The topological polar surface area (TPSA) is 76.6 Å². The third kappa shape index (κ3) is 3.53. The molecule has 0 unspecified atom stereocenters. The first-order valence-corrected chi connectivity index (χ1v) is 6.57. The van der Waals surface area contributed by atoms with Crippen molar-refractivity contribution < 1.29 is 14.1 Å². The summed E-state index contributed by atoms with van der Waals surface area (Å²) in [7, 11) is 1.55. The first kappa shape index (κ1) is 15.3. The van der Waals surface area contributed by atoms with E-state index in [4.69, 9.17) is 27.6 Å². The maximum atomic E-state index is 12.1. The predicted octanol–water partition coefficient (Wildman–Crippen LogP) is 3.77. The lowest BCUT2D eigenvalue weighted by Crippen LogP contribution is -2.25. The van der Waals surface area contributed by atoms with E-state index in [1.54, 1.807) is 25.2 Å². The average Bonchev–Trinajstić information content (AvgIpc) is 2.92. The number of nitrogens with zero attached hydrogens (tertiary/aromatic N) is 2. The van der Waals surface area contributed by atoms with Crippen LogP contribution < -0.4 is 0 Å². The second-order valence-corrected chi connectivity index (χ2v) is 5.12. The van der Waals surface area contributed by atoms with Crippen LogP contribution in [0.4, 0.5) is 5.88 Å². The molecule has 0 bridgehead atoms. The van der Waals surface area contributed by atoms with E-state index in [0.29, 0.717) is 10.0 Å². The molecule has 0 N–H and O–H groups in total. The molecule has 1 amide bonds. The van der Waals surface area contributed by atoms with Crippen molar-refractivity contribution in [2.45, 2.75) is 6.54 Å². The van der Waals surface area contributed by atoms with Gasteiger partial charge in [-0.15, -0.1) is 0 Å². The summed E-state index contributed by atoms with van der Waals surface area (Å²) in [6, 6.07) is 7.43. The van der Waals surface area contributed by atoms with Gasteiger partial charge in [-0.05, 0) is 23.8 Å². The van der Waals surface area contributed by atoms with Crippen molar-refractivity contribution in [1.82, 2.24) is 4.90 Å². The Hall–Kier alpha value is -2.05. The van der Waals surface area contributed by atoms with Gasteiger partial charge in [0.05, 0.1) is 16.1 Å². The lowest BCUT2D eigenvalue weighted by Gasteiger charge is -2.16. The molecule has 0 fully saturated rings. The molecule has 0 atom stereocenters. The minimum Gasteiger partial charge on any atom is -0.395 e. The van der Waals surface area contributed by atoms with Gasteiger partial charge in [-0.25, -0.2) is 0 Å². The Labute approximate surface area is 130 Å².